The second-order valence-electron chi connectivity index (χ2n) is 2.64. The van der Waals surface area contributed by atoms with Gasteiger partial charge in [0.2, 0.25) is 17.3 Å². The van der Waals surface area contributed by atoms with Crippen LogP contribution in [-0.2, 0) is 11.8 Å². The van der Waals surface area contributed by atoms with Gasteiger partial charge in [0.1, 0.15) is 0 Å². The lowest BCUT2D eigenvalue weighted by Crippen LogP contribution is -1.85. The van der Waals surface area contributed by atoms with E-state index in [9.17, 15) is 0 Å². The largest absolute Gasteiger partial charge is 0.398 e. The molecule has 1 atom stereocenters. The van der Waals surface area contributed by atoms with Crippen LogP contribution in [0.3, 0.4) is 0 Å². The third-order valence-electron chi connectivity index (χ3n) is 1.45. The van der Waals surface area contributed by atoms with Crippen LogP contribution in [0.1, 0.15) is 0 Å². The van der Waals surface area contributed by atoms with Gasteiger partial charge < -0.3 is 0 Å². The predicted molar refractivity (Wildman–Crippen MR) is 77.5 cm³/mol. The summed E-state index contributed by atoms with van der Waals surface area (Å²) in [7, 11) is 0. The molecule has 15 heavy (non-hydrogen) atoms. The number of hydrogen-bond donors (Lipinski definition) is 1. The highest BCUT2D eigenvalue weighted by molar-refractivity contribution is 8.13. The van der Waals surface area contributed by atoms with Crippen molar-refractivity contribution in [2.45, 2.75) is 0 Å². The first kappa shape index (κ1) is 13.6. The molecule has 0 radical (unpaired) electrons. The molecular weight excluding hydrogens is 287 g/mol. The van der Waals surface area contributed by atoms with Gasteiger partial charge in [-0.3, -0.25) is 4.52 Å². The molecule has 0 aromatic heterocycles. The zero-order valence-corrected chi connectivity index (χ0v) is 12.1. The molecule has 1 rings (SSSR count). The third kappa shape index (κ3) is 5.98. The van der Waals surface area contributed by atoms with Crippen LogP contribution in [0.5, 0.6) is 5.75 Å². The van der Waals surface area contributed by atoms with Crippen LogP contribution in [0.2, 0.25) is 5.02 Å². The van der Waals surface area contributed by atoms with Gasteiger partial charge in [-0.25, -0.2) is 0 Å². The summed E-state index contributed by atoms with van der Waals surface area (Å²) in [5, 5.41) is 0.709. The van der Waals surface area contributed by atoms with Crippen LogP contribution in [0.4, 0.5) is 0 Å². The molecule has 0 bridgehead atoms. The Hall–Kier alpha value is 0.530. The minimum absolute atomic E-state index is 0.709. The van der Waals surface area contributed by atoms with Crippen LogP contribution in [0.25, 0.3) is 0 Å². The Morgan fingerprint density at radius 1 is 1.40 bits per heavy atom. The van der Waals surface area contributed by atoms with Crippen molar-refractivity contribution in [1.82, 2.24) is 0 Å². The second-order valence-corrected chi connectivity index (χ2v) is 7.44. The quantitative estimate of drug-likeness (QED) is 0.479. The van der Waals surface area contributed by atoms with E-state index in [0.29, 0.717) is 5.02 Å². The first-order valence-electron chi connectivity index (χ1n) is 4.29. The SMILES string of the molecule is S=[P+](CSCCS)Oc1ccc(Cl)cc1. The van der Waals surface area contributed by atoms with Gasteiger partial charge in [0.25, 0.3) is 0 Å². The minimum Gasteiger partial charge on any atom is -0.277 e. The lowest BCUT2D eigenvalue weighted by molar-refractivity contribution is 0.633. The van der Waals surface area contributed by atoms with Crippen molar-refractivity contribution >= 4 is 54.7 Å². The Balaban J connectivity index is 2.34. The number of thiol groups is 1. The van der Waals surface area contributed by atoms with Crippen molar-refractivity contribution in [3.05, 3.63) is 29.3 Å². The molecule has 1 nitrogen and oxygen atoms in total. The molecule has 6 heteroatoms. The molecule has 0 N–H and O–H groups in total. The van der Waals surface area contributed by atoms with Crippen LogP contribution >= 0.6 is 42.9 Å². The van der Waals surface area contributed by atoms with Crippen LogP contribution in [-0.4, -0.2) is 17.0 Å². The molecule has 0 saturated heterocycles. The van der Waals surface area contributed by atoms with Gasteiger partial charge >= 0.3 is 6.92 Å². The van der Waals surface area contributed by atoms with E-state index in [4.69, 9.17) is 27.9 Å². The van der Waals surface area contributed by atoms with Crippen LogP contribution in [0, 0.1) is 0 Å². The maximum absolute atomic E-state index is 5.76. The van der Waals surface area contributed by atoms with Gasteiger partial charge in [0.15, 0.2) is 5.75 Å². The van der Waals surface area contributed by atoms with Crippen molar-refractivity contribution in [3.63, 3.8) is 0 Å². The fourth-order valence-electron chi connectivity index (χ4n) is 0.843. The molecule has 0 heterocycles. The van der Waals surface area contributed by atoms with Gasteiger partial charge in [0.05, 0.1) is 0 Å². The summed E-state index contributed by atoms with van der Waals surface area (Å²) < 4.78 is 5.59. The normalized spacial score (nSPS) is 11.2. The number of rotatable bonds is 6. The number of thioether (sulfide) groups is 1. The molecule has 1 aromatic rings. The topological polar surface area (TPSA) is 9.23 Å². The maximum atomic E-state index is 5.76. The lowest BCUT2D eigenvalue weighted by Gasteiger charge is -1.96. The maximum Gasteiger partial charge on any atom is 0.398 e. The van der Waals surface area contributed by atoms with Crippen molar-refractivity contribution in [2.75, 3.05) is 17.0 Å². The zero-order chi connectivity index (χ0) is 11.1. The zero-order valence-electron chi connectivity index (χ0n) is 7.93. The predicted octanol–water partition coefficient (Wildman–Crippen LogP) is 4.20. The summed E-state index contributed by atoms with van der Waals surface area (Å²) in [6.07, 6.45) is 0. The summed E-state index contributed by atoms with van der Waals surface area (Å²) in [5.41, 5.74) is 0.869. The Bertz CT molecular complexity index is 318. The third-order valence-corrected chi connectivity index (χ3v) is 5.88. The standard InChI is InChI=1S/C9H10ClOPS3/c10-8-1-3-9(4-2-8)11-12(14)7-15-6-5-13/h1-4H,5-7H2/p+1. The molecule has 0 amide bonds. The van der Waals surface area contributed by atoms with E-state index < -0.39 is 6.92 Å². The Morgan fingerprint density at radius 3 is 2.67 bits per heavy atom. The highest BCUT2D eigenvalue weighted by atomic mass is 35.5. The fraction of sp³-hybridized carbons (Fsp3) is 0.333. The number of hydrogen-bond acceptors (Lipinski definition) is 4. The smallest absolute Gasteiger partial charge is 0.277 e. The summed E-state index contributed by atoms with van der Waals surface area (Å²) >= 11 is 16.9. The fourth-order valence-corrected chi connectivity index (χ4v) is 4.09. The number of halogens is 1. The second kappa shape index (κ2) is 7.75. The molecule has 1 unspecified atom stereocenters. The molecule has 0 spiro atoms. The summed E-state index contributed by atoms with van der Waals surface area (Å²) in [6.45, 7) is -0.809. The van der Waals surface area contributed by atoms with Crippen molar-refractivity contribution in [1.29, 1.82) is 0 Å². The molecule has 0 aliphatic heterocycles. The van der Waals surface area contributed by atoms with E-state index in [1.54, 1.807) is 23.9 Å². The molecule has 0 aliphatic carbocycles. The van der Waals surface area contributed by atoms with Gasteiger partial charge in [-0.1, -0.05) is 11.6 Å². The van der Waals surface area contributed by atoms with E-state index >= 15 is 0 Å². The van der Waals surface area contributed by atoms with E-state index in [1.807, 2.05) is 12.1 Å². The molecule has 82 valence electrons. The van der Waals surface area contributed by atoms with Gasteiger partial charge in [-0.15, -0.1) is 11.8 Å². The lowest BCUT2D eigenvalue weighted by atomic mass is 10.3. The Kier molecular flexibility index (Phi) is 7.02. The van der Waals surface area contributed by atoms with Crippen LogP contribution in [0.15, 0.2) is 24.3 Å². The summed E-state index contributed by atoms with van der Waals surface area (Å²) in [6, 6.07) is 7.28. The van der Waals surface area contributed by atoms with E-state index in [-0.39, 0.29) is 0 Å². The molecule has 0 fully saturated rings. The first-order chi connectivity index (χ1) is 7.22. The summed E-state index contributed by atoms with van der Waals surface area (Å²) in [4.78, 5) is 0. The van der Waals surface area contributed by atoms with Gasteiger partial charge in [-0.05, 0) is 30.0 Å². The van der Waals surface area contributed by atoms with Crippen molar-refractivity contribution < 1.29 is 4.52 Å². The monoisotopic (exact) mass is 297 g/mol. The highest BCUT2D eigenvalue weighted by Gasteiger charge is 2.12. The summed E-state index contributed by atoms with van der Waals surface area (Å²) in [5.74, 6) is 2.69. The van der Waals surface area contributed by atoms with Crippen molar-refractivity contribution in [3.8, 4) is 5.75 Å². The Labute approximate surface area is 111 Å². The van der Waals surface area contributed by atoms with Gasteiger partial charge in [0, 0.05) is 10.8 Å². The van der Waals surface area contributed by atoms with E-state index in [0.717, 1.165) is 22.7 Å². The Morgan fingerprint density at radius 2 is 2.07 bits per heavy atom. The minimum atomic E-state index is -0.809. The average molecular weight is 298 g/mol. The first-order valence-corrected chi connectivity index (χ1v) is 8.91. The van der Waals surface area contributed by atoms with Crippen molar-refractivity contribution in [2.24, 2.45) is 0 Å². The van der Waals surface area contributed by atoms with Crippen LogP contribution < -0.4 is 4.52 Å². The highest BCUT2D eigenvalue weighted by Crippen LogP contribution is 2.31. The van der Waals surface area contributed by atoms with E-state index in [2.05, 4.69) is 12.6 Å². The number of benzene rings is 1. The molecule has 1 aromatic carbocycles. The van der Waals surface area contributed by atoms with E-state index in [1.165, 1.54) is 0 Å². The average Bonchev–Trinajstić information content (AvgIpc) is 2.22. The molecule has 0 saturated carbocycles. The van der Waals surface area contributed by atoms with Gasteiger partial charge in [-0.2, -0.15) is 12.6 Å². The molecular formula is C9H11ClOPS3+. The molecule has 0 aliphatic rings.